The summed E-state index contributed by atoms with van der Waals surface area (Å²) in [5.74, 6) is 1.84. The second kappa shape index (κ2) is 9.46. The molecule has 0 aliphatic heterocycles. The maximum atomic E-state index is 12.9. The number of rotatable bonds is 8. The molecule has 0 unspecified atom stereocenters. The Balaban J connectivity index is 1.74. The summed E-state index contributed by atoms with van der Waals surface area (Å²) in [6, 6.07) is 21.7. The van der Waals surface area contributed by atoms with Gasteiger partial charge in [-0.1, -0.05) is 62.4 Å². The highest BCUT2D eigenvalue weighted by Crippen LogP contribution is 2.27. The first-order chi connectivity index (χ1) is 14.0. The van der Waals surface area contributed by atoms with Crippen molar-refractivity contribution in [3.63, 3.8) is 0 Å². The van der Waals surface area contributed by atoms with E-state index in [9.17, 15) is 4.79 Å². The van der Waals surface area contributed by atoms with Gasteiger partial charge in [-0.3, -0.25) is 4.79 Å². The number of fused-ring (bicyclic) bond motifs is 1. The average Bonchev–Trinajstić information content (AvgIpc) is 2.73. The standard InChI is InChI=1S/C25H29NO3/c1-17(2)16-23(20-12-14-21(28-4)15-13-20)26-25(27)18(3)29-24-11-7-9-19-8-5-6-10-22(19)24/h5-15,17-18,23H,16H2,1-4H3,(H,26,27)/t18-,23-/m0/s1. The van der Waals surface area contributed by atoms with Gasteiger partial charge in [0, 0.05) is 5.39 Å². The molecule has 0 fully saturated rings. The minimum absolute atomic E-state index is 0.0769. The van der Waals surface area contributed by atoms with Crippen LogP contribution in [0.2, 0.25) is 0 Å². The Morgan fingerprint density at radius 1 is 0.931 bits per heavy atom. The van der Waals surface area contributed by atoms with Gasteiger partial charge in [-0.2, -0.15) is 0 Å². The summed E-state index contributed by atoms with van der Waals surface area (Å²) >= 11 is 0. The van der Waals surface area contributed by atoms with Gasteiger partial charge < -0.3 is 14.8 Å². The van der Waals surface area contributed by atoms with E-state index in [2.05, 4.69) is 19.2 Å². The van der Waals surface area contributed by atoms with Gasteiger partial charge in [-0.25, -0.2) is 0 Å². The number of hydrogen-bond acceptors (Lipinski definition) is 3. The largest absolute Gasteiger partial charge is 0.497 e. The molecule has 0 aliphatic rings. The number of hydrogen-bond donors (Lipinski definition) is 1. The van der Waals surface area contributed by atoms with Gasteiger partial charge in [0.2, 0.25) is 0 Å². The zero-order valence-corrected chi connectivity index (χ0v) is 17.5. The zero-order valence-electron chi connectivity index (χ0n) is 17.5. The first kappa shape index (κ1) is 20.7. The molecule has 0 spiro atoms. The van der Waals surface area contributed by atoms with Crippen LogP contribution in [0, 0.1) is 5.92 Å². The molecule has 4 heteroatoms. The first-order valence-corrected chi connectivity index (χ1v) is 10.1. The monoisotopic (exact) mass is 391 g/mol. The van der Waals surface area contributed by atoms with E-state index >= 15 is 0 Å². The molecule has 0 saturated heterocycles. The van der Waals surface area contributed by atoms with Crippen molar-refractivity contribution in [1.82, 2.24) is 5.32 Å². The van der Waals surface area contributed by atoms with Crippen LogP contribution in [-0.4, -0.2) is 19.1 Å². The van der Waals surface area contributed by atoms with E-state index in [0.29, 0.717) is 5.92 Å². The fraction of sp³-hybridized carbons (Fsp3) is 0.320. The third kappa shape index (κ3) is 5.29. The molecular weight excluding hydrogens is 362 g/mol. The van der Waals surface area contributed by atoms with Gasteiger partial charge in [0.1, 0.15) is 11.5 Å². The Bertz CT molecular complexity index is 944. The lowest BCUT2D eigenvalue weighted by atomic mass is 9.96. The van der Waals surface area contributed by atoms with Crippen molar-refractivity contribution in [2.45, 2.75) is 39.3 Å². The molecule has 1 amide bonds. The van der Waals surface area contributed by atoms with Crippen LogP contribution in [0.3, 0.4) is 0 Å². The van der Waals surface area contributed by atoms with Crippen LogP contribution in [0.5, 0.6) is 11.5 Å². The topological polar surface area (TPSA) is 47.6 Å². The Labute approximate surface area is 172 Å². The lowest BCUT2D eigenvalue weighted by molar-refractivity contribution is -0.128. The minimum Gasteiger partial charge on any atom is -0.497 e. The third-order valence-corrected chi connectivity index (χ3v) is 4.96. The minimum atomic E-state index is -0.603. The molecule has 3 aromatic carbocycles. The van der Waals surface area contributed by atoms with Gasteiger partial charge in [0.05, 0.1) is 13.2 Å². The molecule has 4 nitrogen and oxygen atoms in total. The number of methoxy groups -OCH3 is 1. The van der Waals surface area contributed by atoms with E-state index in [1.165, 1.54) is 0 Å². The second-order valence-electron chi connectivity index (χ2n) is 7.70. The van der Waals surface area contributed by atoms with Crippen molar-refractivity contribution in [2.75, 3.05) is 7.11 Å². The number of amides is 1. The molecular formula is C25H29NO3. The molecule has 2 atom stereocenters. The summed E-state index contributed by atoms with van der Waals surface area (Å²) in [6.45, 7) is 6.09. The van der Waals surface area contributed by atoms with Crippen molar-refractivity contribution in [2.24, 2.45) is 5.92 Å². The fourth-order valence-corrected chi connectivity index (χ4v) is 3.42. The van der Waals surface area contributed by atoms with Crippen LogP contribution >= 0.6 is 0 Å². The van der Waals surface area contributed by atoms with E-state index in [1.54, 1.807) is 14.0 Å². The predicted octanol–water partition coefficient (Wildman–Crippen LogP) is 5.52. The molecule has 3 rings (SSSR count). The number of benzene rings is 3. The number of nitrogens with one attached hydrogen (secondary N) is 1. The van der Waals surface area contributed by atoms with E-state index < -0.39 is 6.10 Å². The lowest BCUT2D eigenvalue weighted by Gasteiger charge is -2.24. The number of ether oxygens (including phenoxy) is 2. The van der Waals surface area contributed by atoms with E-state index in [0.717, 1.165) is 34.3 Å². The highest BCUT2D eigenvalue weighted by atomic mass is 16.5. The van der Waals surface area contributed by atoms with Gasteiger partial charge >= 0.3 is 0 Å². The summed E-state index contributed by atoms with van der Waals surface area (Å²) < 4.78 is 11.3. The summed E-state index contributed by atoms with van der Waals surface area (Å²) in [7, 11) is 1.65. The Kier molecular flexibility index (Phi) is 6.76. The fourth-order valence-electron chi connectivity index (χ4n) is 3.42. The van der Waals surface area contributed by atoms with Crippen molar-refractivity contribution >= 4 is 16.7 Å². The number of carbonyl (C=O) groups excluding carboxylic acids is 1. The smallest absolute Gasteiger partial charge is 0.261 e. The molecule has 0 bridgehead atoms. The predicted molar refractivity (Wildman–Crippen MR) is 117 cm³/mol. The molecule has 29 heavy (non-hydrogen) atoms. The summed E-state index contributed by atoms with van der Waals surface area (Å²) in [5.41, 5.74) is 1.06. The van der Waals surface area contributed by atoms with Crippen molar-refractivity contribution in [1.29, 1.82) is 0 Å². The molecule has 3 aromatic rings. The zero-order chi connectivity index (χ0) is 20.8. The van der Waals surface area contributed by atoms with E-state index in [1.807, 2.05) is 66.7 Å². The van der Waals surface area contributed by atoms with Crippen LogP contribution in [0.4, 0.5) is 0 Å². The van der Waals surface area contributed by atoms with Crippen molar-refractivity contribution in [3.05, 3.63) is 72.3 Å². The van der Waals surface area contributed by atoms with Crippen LogP contribution in [0.25, 0.3) is 10.8 Å². The van der Waals surface area contributed by atoms with Crippen molar-refractivity contribution < 1.29 is 14.3 Å². The SMILES string of the molecule is COc1ccc([C@H](CC(C)C)NC(=O)[C@H](C)Oc2cccc3ccccc23)cc1. The molecule has 1 N–H and O–H groups in total. The van der Waals surface area contributed by atoms with Gasteiger partial charge in [0.15, 0.2) is 6.10 Å². The maximum absolute atomic E-state index is 12.9. The highest BCUT2D eigenvalue weighted by Gasteiger charge is 2.22. The first-order valence-electron chi connectivity index (χ1n) is 10.1. The van der Waals surface area contributed by atoms with E-state index in [-0.39, 0.29) is 11.9 Å². The van der Waals surface area contributed by atoms with Gasteiger partial charge in [0.25, 0.3) is 5.91 Å². The summed E-state index contributed by atoms with van der Waals surface area (Å²) in [5, 5.41) is 5.26. The lowest BCUT2D eigenvalue weighted by Crippen LogP contribution is -2.39. The quantitative estimate of drug-likeness (QED) is 0.550. The second-order valence-corrected chi connectivity index (χ2v) is 7.70. The molecule has 0 saturated carbocycles. The van der Waals surface area contributed by atoms with E-state index in [4.69, 9.17) is 9.47 Å². The average molecular weight is 392 g/mol. The molecule has 0 heterocycles. The Morgan fingerprint density at radius 2 is 1.62 bits per heavy atom. The van der Waals surface area contributed by atoms with Crippen LogP contribution in [-0.2, 0) is 4.79 Å². The van der Waals surface area contributed by atoms with Gasteiger partial charge in [-0.15, -0.1) is 0 Å². The molecule has 152 valence electrons. The van der Waals surface area contributed by atoms with Gasteiger partial charge in [-0.05, 0) is 48.4 Å². The number of carbonyl (C=O) groups is 1. The van der Waals surface area contributed by atoms with Crippen LogP contribution in [0.1, 0.15) is 38.8 Å². The normalized spacial score (nSPS) is 13.1. The van der Waals surface area contributed by atoms with Crippen molar-refractivity contribution in [3.8, 4) is 11.5 Å². The Morgan fingerprint density at radius 3 is 2.31 bits per heavy atom. The third-order valence-electron chi connectivity index (χ3n) is 4.96. The summed E-state index contributed by atoms with van der Waals surface area (Å²) in [4.78, 5) is 12.9. The van der Waals surface area contributed by atoms with Crippen LogP contribution < -0.4 is 14.8 Å². The highest BCUT2D eigenvalue weighted by molar-refractivity contribution is 5.89. The van der Waals surface area contributed by atoms with Crippen LogP contribution in [0.15, 0.2) is 66.7 Å². The Hall–Kier alpha value is -3.01. The molecule has 0 aromatic heterocycles. The summed E-state index contributed by atoms with van der Waals surface area (Å²) in [6.07, 6.45) is 0.243. The molecule has 0 radical (unpaired) electrons. The molecule has 0 aliphatic carbocycles. The maximum Gasteiger partial charge on any atom is 0.261 e.